The number of nitrogens with zero attached hydrogens (tertiary/aromatic N) is 1. The van der Waals surface area contributed by atoms with E-state index in [4.69, 9.17) is 5.73 Å². The maximum absolute atomic E-state index is 12.0. The second kappa shape index (κ2) is 6.92. The van der Waals surface area contributed by atoms with Crippen LogP contribution in [0.25, 0.3) is 0 Å². The number of carbonyl (C=O) groups is 2. The summed E-state index contributed by atoms with van der Waals surface area (Å²) in [6.45, 7) is 6.86. The number of imide groups is 1. The quantitative estimate of drug-likeness (QED) is 0.847. The highest BCUT2D eigenvalue weighted by Gasteiger charge is 2.35. The molecule has 0 heterocycles. The Morgan fingerprint density at radius 3 is 2.27 bits per heavy atom. The van der Waals surface area contributed by atoms with Crippen LogP contribution in [0.5, 0.6) is 0 Å². The monoisotopic (exact) mass is 303 g/mol. The van der Waals surface area contributed by atoms with Gasteiger partial charge in [-0.25, -0.2) is 4.79 Å². The van der Waals surface area contributed by atoms with Crippen molar-refractivity contribution in [2.75, 3.05) is 0 Å². The number of primary amides is 1. The predicted molar refractivity (Wildman–Crippen MR) is 86.3 cm³/mol. The Labute approximate surface area is 131 Å². The molecular weight excluding hydrogens is 278 g/mol. The molecule has 0 aliphatic heterocycles. The number of rotatable bonds is 6. The first-order valence-corrected chi connectivity index (χ1v) is 7.83. The van der Waals surface area contributed by atoms with Crippen molar-refractivity contribution in [2.24, 2.45) is 5.73 Å². The fourth-order valence-electron chi connectivity index (χ4n) is 2.58. The molecule has 0 spiro atoms. The van der Waals surface area contributed by atoms with Crippen LogP contribution in [0.4, 0.5) is 4.79 Å². The van der Waals surface area contributed by atoms with Gasteiger partial charge in [0.05, 0.1) is 6.04 Å². The Hall–Kier alpha value is -1.88. The lowest BCUT2D eigenvalue weighted by atomic mass is 10.0. The minimum absolute atomic E-state index is 0.335. The lowest BCUT2D eigenvalue weighted by Crippen LogP contribution is -2.48. The molecule has 2 rings (SSSR count). The second-order valence-corrected chi connectivity index (χ2v) is 6.33. The smallest absolute Gasteiger partial charge is 0.318 e. The summed E-state index contributed by atoms with van der Waals surface area (Å²) >= 11 is 0. The van der Waals surface area contributed by atoms with Gasteiger partial charge in [0.25, 0.3) is 0 Å². The number of hydrogen-bond donors (Lipinski definition) is 2. The van der Waals surface area contributed by atoms with Crippen LogP contribution in [0, 0.1) is 0 Å². The van der Waals surface area contributed by atoms with Gasteiger partial charge in [0.2, 0.25) is 5.91 Å². The van der Waals surface area contributed by atoms with Gasteiger partial charge in [0, 0.05) is 12.6 Å². The van der Waals surface area contributed by atoms with Gasteiger partial charge in [-0.3, -0.25) is 15.0 Å². The van der Waals surface area contributed by atoms with Gasteiger partial charge in [-0.05, 0) is 36.8 Å². The Bertz CT molecular complexity index is 535. The van der Waals surface area contributed by atoms with Crippen LogP contribution >= 0.6 is 0 Å². The van der Waals surface area contributed by atoms with Gasteiger partial charge in [-0.1, -0.05) is 38.1 Å². The van der Waals surface area contributed by atoms with E-state index in [1.54, 1.807) is 0 Å². The van der Waals surface area contributed by atoms with Gasteiger partial charge in [0.15, 0.2) is 0 Å². The minimum Gasteiger partial charge on any atom is -0.351 e. The number of amides is 3. The van der Waals surface area contributed by atoms with E-state index < -0.39 is 6.03 Å². The van der Waals surface area contributed by atoms with E-state index in [2.05, 4.69) is 48.3 Å². The summed E-state index contributed by atoms with van der Waals surface area (Å²) in [4.78, 5) is 25.0. The second-order valence-electron chi connectivity index (χ2n) is 6.33. The van der Waals surface area contributed by atoms with Crippen molar-refractivity contribution < 1.29 is 9.59 Å². The van der Waals surface area contributed by atoms with Gasteiger partial charge in [-0.15, -0.1) is 0 Å². The molecule has 1 aliphatic rings. The number of hydrogen-bond acceptors (Lipinski definition) is 3. The molecule has 0 unspecified atom stereocenters. The number of nitrogens with two attached hydrogens (primary N) is 1. The predicted octanol–water partition coefficient (Wildman–Crippen LogP) is 2.36. The van der Waals surface area contributed by atoms with Crippen LogP contribution in [0.2, 0.25) is 0 Å². The lowest BCUT2D eigenvalue weighted by molar-refractivity contribution is -0.125. The molecule has 3 N–H and O–H groups in total. The molecule has 3 amide bonds. The van der Waals surface area contributed by atoms with Crippen molar-refractivity contribution in [2.45, 2.75) is 58.2 Å². The first kappa shape index (κ1) is 16.5. The zero-order chi connectivity index (χ0) is 16.3. The van der Waals surface area contributed by atoms with Crippen molar-refractivity contribution in [3.05, 3.63) is 35.4 Å². The Morgan fingerprint density at radius 1 is 1.23 bits per heavy atom. The summed E-state index contributed by atoms with van der Waals surface area (Å²) in [6.07, 6.45) is 2.19. The average molecular weight is 303 g/mol. The molecule has 120 valence electrons. The van der Waals surface area contributed by atoms with E-state index >= 15 is 0 Å². The maximum Gasteiger partial charge on any atom is 0.318 e. The molecule has 1 saturated carbocycles. The Morgan fingerprint density at radius 2 is 1.82 bits per heavy atom. The molecule has 1 aromatic carbocycles. The van der Waals surface area contributed by atoms with Crippen molar-refractivity contribution in [1.82, 2.24) is 10.2 Å². The number of carbonyl (C=O) groups excluding carboxylic acids is 2. The summed E-state index contributed by atoms with van der Waals surface area (Å²) < 4.78 is 0. The standard InChI is InChI=1S/C17H25N3O2/c1-11(2)14-6-4-13(5-7-14)10-20(15-8-9-15)12(3)16(21)19-17(18)22/h4-7,11-12,15H,8-10H2,1-3H3,(H3,18,19,21,22)/t12-/m1/s1. The molecule has 0 aromatic heterocycles. The average Bonchev–Trinajstić information content (AvgIpc) is 3.28. The van der Waals surface area contributed by atoms with Crippen LogP contribution in [0.15, 0.2) is 24.3 Å². The molecule has 0 bridgehead atoms. The van der Waals surface area contributed by atoms with Gasteiger partial charge >= 0.3 is 6.03 Å². The Kier molecular flexibility index (Phi) is 5.19. The molecule has 1 fully saturated rings. The summed E-state index contributed by atoms with van der Waals surface area (Å²) in [5.41, 5.74) is 7.51. The van der Waals surface area contributed by atoms with Crippen molar-refractivity contribution in [3.63, 3.8) is 0 Å². The molecular formula is C17H25N3O2. The first-order chi connectivity index (χ1) is 10.4. The zero-order valence-corrected chi connectivity index (χ0v) is 13.5. The number of nitrogens with one attached hydrogen (secondary N) is 1. The molecule has 5 heteroatoms. The highest BCUT2D eigenvalue weighted by atomic mass is 16.2. The van der Waals surface area contributed by atoms with E-state index in [1.165, 1.54) is 11.1 Å². The topological polar surface area (TPSA) is 75.4 Å². The lowest BCUT2D eigenvalue weighted by Gasteiger charge is -2.28. The summed E-state index contributed by atoms with van der Waals surface area (Å²) in [5.74, 6) is 0.173. The summed E-state index contributed by atoms with van der Waals surface area (Å²) in [6, 6.07) is 7.75. The van der Waals surface area contributed by atoms with Crippen LogP contribution in [0.3, 0.4) is 0 Å². The van der Waals surface area contributed by atoms with Gasteiger partial charge in [0.1, 0.15) is 0 Å². The van der Waals surface area contributed by atoms with E-state index in [0.29, 0.717) is 18.5 Å². The highest BCUT2D eigenvalue weighted by molar-refractivity contribution is 5.96. The van der Waals surface area contributed by atoms with Crippen molar-refractivity contribution >= 4 is 11.9 Å². The van der Waals surface area contributed by atoms with Crippen LogP contribution in [-0.4, -0.2) is 28.9 Å². The third kappa shape index (κ3) is 4.31. The van der Waals surface area contributed by atoms with Gasteiger partial charge in [-0.2, -0.15) is 0 Å². The fourth-order valence-corrected chi connectivity index (χ4v) is 2.58. The van der Waals surface area contributed by atoms with Crippen LogP contribution < -0.4 is 11.1 Å². The highest BCUT2D eigenvalue weighted by Crippen LogP contribution is 2.30. The van der Waals surface area contributed by atoms with E-state index in [9.17, 15) is 9.59 Å². The third-order valence-corrected chi connectivity index (χ3v) is 4.15. The molecule has 5 nitrogen and oxygen atoms in total. The van der Waals surface area contributed by atoms with Gasteiger partial charge < -0.3 is 5.73 Å². The normalized spacial score (nSPS) is 15.9. The summed E-state index contributed by atoms with van der Waals surface area (Å²) in [7, 11) is 0. The van der Waals surface area contributed by atoms with Crippen LogP contribution in [-0.2, 0) is 11.3 Å². The molecule has 1 aromatic rings. The van der Waals surface area contributed by atoms with Crippen LogP contribution in [0.1, 0.15) is 50.7 Å². The fraction of sp³-hybridized carbons (Fsp3) is 0.529. The first-order valence-electron chi connectivity index (χ1n) is 7.83. The minimum atomic E-state index is -0.797. The van der Waals surface area contributed by atoms with E-state index in [-0.39, 0.29) is 11.9 Å². The zero-order valence-electron chi connectivity index (χ0n) is 13.5. The van der Waals surface area contributed by atoms with E-state index in [1.807, 2.05) is 6.92 Å². The van der Waals surface area contributed by atoms with Crippen molar-refractivity contribution in [3.8, 4) is 0 Å². The number of benzene rings is 1. The van der Waals surface area contributed by atoms with E-state index in [0.717, 1.165) is 12.8 Å². The number of urea groups is 1. The SMILES string of the molecule is CC(C)c1ccc(CN(C2CC2)[C@H](C)C(=O)NC(N)=O)cc1. The molecule has 0 saturated heterocycles. The maximum atomic E-state index is 12.0. The molecule has 0 radical (unpaired) electrons. The van der Waals surface area contributed by atoms with Crippen molar-refractivity contribution in [1.29, 1.82) is 0 Å². The third-order valence-electron chi connectivity index (χ3n) is 4.15. The summed E-state index contributed by atoms with van der Waals surface area (Å²) in [5, 5.41) is 2.17. The largest absolute Gasteiger partial charge is 0.351 e. The molecule has 1 aliphatic carbocycles. The molecule has 22 heavy (non-hydrogen) atoms. The Balaban J connectivity index is 2.05. The molecule has 1 atom stereocenters.